The minimum absolute atomic E-state index is 0.0428. The lowest BCUT2D eigenvalue weighted by Crippen LogP contribution is -2.26. The molecule has 10 heteroatoms. The van der Waals surface area contributed by atoms with Gasteiger partial charge >= 0.3 is 11.8 Å². The highest BCUT2D eigenvalue weighted by atomic mass is 79.9. The zero-order valence-electron chi connectivity index (χ0n) is 12.1. The third-order valence-electron chi connectivity index (χ3n) is 2.92. The molecule has 23 heavy (non-hydrogen) atoms. The molecule has 1 amide bonds. The molecule has 2 rings (SSSR count). The Morgan fingerprint density at radius 1 is 1.57 bits per heavy atom. The lowest BCUT2D eigenvalue weighted by molar-refractivity contribution is 0.164. The topological polar surface area (TPSA) is 105 Å². The summed E-state index contributed by atoms with van der Waals surface area (Å²) in [5.74, 6) is 0. The molecular formula is C13H13BrFN5O3. The Balaban J connectivity index is 2.23. The highest BCUT2D eigenvalue weighted by Gasteiger charge is 2.11. The fraction of sp³-hybridized carbons (Fsp3) is 0.231. The zero-order chi connectivity index (χ0) is 17.0. The van der Waals surface area contributed by atoms with Gasteiger partial charge in [0.2, 0.25) is 0 Å². The third-order valence-corrected chi connectivity index (χ3v) is 3.75. The van der Waals surface area contributed by atoms with Gasteiger partial charge in [0.05, 0.1) is 24.8 Å². The molecule has 0 saturated heterocycles. The summed E-state index contributed by atoms with van der Waals surface area (Å²) in [6.45, 7) is 1.31. The van der Waals surface area contributed by atoms with Gasteiger partial charge in [-0.25, -0.2) is 28.2 Å². The van der Waals surface area contributed by atoms with Gasteiger partial charge in [-0.15, -0.1) is 0 Å². The summed E-state index contributed by atoms with van der Waals surface area (Å²) < 4.78 is 20.3. The Labute approximate surface area is 138 Å². The van der Waals surface area contributed by atoms with E-state index >= 15 is 0 Å². The van der Waals surface area contributed by atoms with Gasteiger partial charge in [-0.3, -0.25) is 0 Å². The van der Waals surface area contributed by atoms with Crippen molar-refractivity contribution in [1.29, 1.82) is 0 Å². The molecule has 0 spiro atoms. The predicted octanol–water partition coefficient (Wildman–Crippen LogP) is 1.45. The Morgan fingerprint density at radius 3 is 2.91 bits per heavy atom. The van der Waals surface area contributed by atoms with Crippen molar-refractivity contribution in [1.82, 2.24) is 19.3 Å². The summed E-state index contributed by atoms with van der Waals surface area (Å²) in [6.07, 6.45) is 2.03. The smallest absolute Gasteiger partial charge is 0.404 e. The number of hydrogen-bond donors (Lipinski definition) is 1. The molecule has 0 aliphatic rings. The summed E-state index contributed by atoms with van der Waals surface area (Å²) in [5.41, 5.74) is 5.76. The van der Waals surface area contributed by atoms with Crippen molar-refractivity contribution in [2.45, 2.75) is 13.5 Å². The average Bonchev–Trinajstić information content (AvgIpc) is 2.87. The minimum Gasteiger partial charge on any atom is -0.445 e. The number of aryl methyl sites for hydroxylation is 1. The number of pyridine rings is 1. The summed E-state index contributed by atoms with van der Waals surface area (Å²) in [5, 5.41) is 3.91. The molecule has 2 heterocycles. The lowest BCUT2D eigenvalue weighted by atomic mass is 10.3. The number of nitrogens with zero attached hydrogens (tertiary/aromatic N) is 4. The second kappa shape index (κ2) is 7.18. The summed E-state index contributed by atoms with van der Waals surface area (Å²) >= 11 is 3.28. The number of amides is 1. The van der Waals surface area contributed by atoms with E-state index in [0.29, 0.717) is 10.3 Å². The number of nitrogens with two attached hydrogens (primary N) is 1. The van der Waals surface area contributed by atoms with Gasteiger partial charge in [0.1, 0.15) is 17.5 Å². The van der Waals surface area contributed by atoms with Crippen LogP contribution in [0.3, 0.4) is 0 Å². The molecular weight excluding hydrogens is 373 g/mol. The molecule has 0 atom stereocenters. The molecule has 122 valence electrons. The molecule has 8 nitrogen and oxygen atoms in total. The maximum Gasteiger partial charge on any atom is 0.404 e. The first kappa shape index (κ1) is 16.9. The second-order valence-electron chi connectivity index (χ2n) is 4.62. The van der Waals surface area contributed by atoms with E-state index in [0.717, 1.165) is 10.2 Å². The van der Waals surface area contributed by atoms with Crippen LogP contribution in [0.5, 0.6) is 0 Å². The normalized spacial score (nSPS) is 11.5. The standard InChI is InChI=1S/C13H13BrFN5O3/c1-8-2-10(4-17-11(8)14)19-7-18-20(13(19)22)5-9(3-15)6-23-12(16)21/h2-4,7H,5-6H2,1H3,(H2,16,21)/b9-3+. The molecule has 0 aliphatic heterocycles. The number of aromatic nitrogens is 4. The summed E-state index contributed by atoms with van der Waals surface area (Å²) in [7, 11) is 0. The number of halogens is 2. The number of primary amides is 1. The van der Waals surface area contributed by atoms with E-state index in [1.807, 2.05) is 6.92 Å². The van der Waals surface area contributed by atoms with E-state index in [2.05, 4.69) is 30.7 Å². The van der Waals surface area contributed by atoms with Crippen LogP contribution in [0.2, 0.25) is 0 Å². The molecule has 2 aromatic heterocycles. The summed E-state index contributed by atoms with van der Waals surface area (Å²) in [6, 6.07) is 1.76. The minimum atomic E-state index is -1.03. The SMILES string of the molecule is Cc1cc(-n2cnn(C/C(=C\F)COC(N)=O)c2=O)cnc1Br. The van der Waals surface area contributed by atoms with Gasteiger partial charge in [-0.05, 0) is 34.5 Å². The Morgan fingerprint density at radius 2 is 2.30 bits per heavy atom. The fourth-order valence-corrected chi connectivity index (χ4v) is 1.98. The van der Waals surface area contributed by atoms with E-state index in [1.165, 1.54) is 17.1 Å². The number of ether oxygens (including phenoxy) is 1. The van der Waals surface area contributed by atoms with Crippen molar-refractivity contribution >= 4 is 22.0 Å². The van der Waals surface area contributed by atoms with E-state index in [9.17, 15) is 14.0 Å². The highest BCUT2D eigenvalue weighted by Crippen LogP contribution is 2.15. The Kier molecular flexibility index (Phi) is 5.27. The Hall–Kier alpha value is -2.49. The highest BCUT2D eigenvalue weighted by molar-refractivity contribution is 9.10. The fourth-order valence-electron chi connectivity index (χ4n) is 1.77. The van der Waals surface area contributed by atoms with Crippen LogP contribution in [0.25, 0.3) is 5.69 Å². The summed E-state index contributed by atoms with van der Waals surface area (Å²) in [4.78, 5) is 26.9. The van der Waals surface area contributed by atoms with Crippen molar-refractivity contribution in [2.75, 3.05) is 6.61 Å². The van der Waals surface area contributed by atoms with Crippen molar-refractivity contribution in [3.8, 4) is 5.69 Å². The van der Waals surface area contributed by atoms with Crippen LogP contribution in [-0.2, 0) is 11.3 Å². The maximum absolute atomic E-state index is 12.8. The van der Waals surface area contributed by atoms with Gasteiger partial charge in [-0.1, -0.05) is 0 Å². The number of carbonyl (C=O) groups is 1. The van der Waals surface area contributed by atoms with E-state index < -0.39 is 11.8 Å². The van der Waals surface area contributed by atoms with E-state index in [-0.39, 0.29) is 25.1 Å². The molecule has 2 N–H and O–H groups in total. The van der Waals surface area contributed by atoms with Crippen LogP contribution in [0.4, 0.5) is 9.18 Å². The largest absolute Gasteiger partial charge is 0.445 e. The lowest BCUT2D eigenvalue weighted by Gasteiger charge is -2.05. The molecule has 2 aromatic rings. The van der Waals surface area contributed by atoms with Crippen molar-refractivity contribution in [3.05, 3.63) is 51.1 Å². The van der Waals surface area contributed by atoms with Gasteiger partial charge in [0, 0.05) is 5.57 Å². The van der Waals surface area contributed by atoms with Crippen molar-refractivity contribution < 1.29 is 13.9 Å². The third kappa shape index (κ3) is 4.03. The quantitative estimate of drug-likeness (QED) is 0.784. The number of hydrogen-bond acceptors (Lipinski definition) is 5. The molecule has 0 aliphatic carbocycles. The molecule has 0 saturated carbocycles. The molecule has 0 unspecified atom stereocenters. The second-order valence-corrected chi connectivity index (χ2v) is 5.37. The van der Waals surface area contributed by atoms with Crippen LogP contribution >= 0.6 is 15.9 Å². The van der Waals surface area contributed by atoms with E-state index in [4.69, 9.17) is 5.73 Å². The maximum atomic E-state index is 12.8. The van der Waals surface area contributed by atoms with Crippen molar-refractivity contribution in [2.24, 2.45) is 5.73 Å². The van der Waals surface area contributed by atoms with Crippen LogP contribution in [0, 0.1) is 6.92 Å². The van der Waals surface area contributed by atoms with Crippen LogP contribution in [0.15, 0.2) is 39.9 Å². The van der Waals surface area contributed by atoms with Gasteiger partial charge in [0.15, 0.2) is 0 Å². The molecule has 0 fully saturated rings. The van der Waals surface area contributed by atoms with Crippen LogP contribution < -0.4 is 11.4 Å². The van der Waals surface area contributed by atoms with Crippen LogP contribution in [-0.4, -0.2) is 32.0 Å². The average molecular weight is 386 g/mol. The van der Waals surface area contributed by atoms with Gasteiger partial charge < -0.3 is 10.5 Å². The monoisotopic (exact) mass is 385 g/mol. The number of rotatable bonds is 5. The Bertz CT molecular complexity index is 814. The first-order valence-corrected chi connectivity index (χ1v) is 7.19. The molecule has 0 radical (unpaired) electrons. The predicted molar refractivity (Wildman–Crippen MR) is 82.8 cm³/mol. The van der Waals surface area contributed by atoms with Crippen molar-refractivity contribution in [3.63, 3.8) is 0 Å². The first-order valence-electron chi connectivity index (χ1n) is 6.39. The van der Waals surface area contributed by atoms with Crippen LogP contribution in [0.1, 0.15) is 5.56 Å². The first-order chi connectivity index (χ1) is 10.9. The molecule has 0 bridgehead atoms. The number of carbonyl (C=O) groups excluding carboxylic acids is 1. The van der Waals surface area contributed by atoms with E-state index in [1.54, 1.807) is 6.07 Å². The van der Waals surface area contributed by atoms with Gasteiger partial charge in [0.25, 0.3) is 0 Å². The van der Waals surface area contributed by atoms with Gasteiger partial charge in [-0.2, -0.15) is 5.10 Å². The molecule has 0 aromatic carbocycles. The zero-order valence-corrected chi connectivity index (χ0v) is 13.7.